The summed E-state index contributed by atoms with van der Waals surface area (Å²) < 4.78 is 39.0. The Kier molecular flexibility index (Phi) is 7.45. The molecule has 0 aliphatic carbocycles. The zero-order chi connectivity index (χ0) is 24.8. The second-order valence-electron chi connectivity index (χ2n) is 8.07. The number of methoxy groups -OCH3 is 2. The van der Waals surface area contributed by atoms with Crippen molar-refractivity contribution in [2.24, 2.45) is 0 Å². The number of carbonyl (C=O) groups is 1. The van der Waals surface area contributed by atoms with Gasteiger partial charge in [0.2, 0.25) is 5.91 Å². The fraction of sp³-hybridized carbons (Fsp3) is 0.269. The van der Waals surface area contributed by atoms with Crippen molar-refractivity contribution in [3.05, 3.63) is 78.9 Å². The molecule has 1 heterocycles. The van der Waals surface area contributed by atoms with Gasteiger partial charge < -0.3 is 19.3 Å². The molecule has 1 amide bonds. The fourth-order valence-electron chi connectivity index (χ4n) is 4.11. The minimum atomic E-state index is -3.97. The van der Waals surface area contributed by atoms with Crippen molar-refractivity contribution in [3.8, 4) is 11.5 Å². The molecule has 0 aromatic heterocycles. The maximum Gasteiger partial charge on any atom is 0.264 e. The molecule has 184 valence electrons. The maximum atomic E-state index is 13.6. The Labute approximate surface area is 206 Å². The van der Waals surface area contributed by atoms with Crippen LogP contribution < -0.4 is 18.7 Å². The molecular formula is C26H29N3O5S. The maximum absolute atomic E-state index is 13.6. The van der Waals surface area contributed by atoms with E-state index in [0.717, 1.165) is 15.7 Å². The average molecular weight is 496 g/mol. The summed E-state index contributed by atoms with van der Waals surface area (Å²) in [5, 5.41) is 0. The van der Waals surface area contributed by atoms with Crippen molar-refractivity contribution in [2.75, 3.05) is 56.1 Å². The van der Waals surface area contributed by atoms with Crippen molar-refractivity contribution in [1.29, 1.82) is 0 Å². The molecule has 3 aromatic carbocycles. The lowest BCUT2D eigenvalue weighted by molar-refractivity contribution is -0.129. The van der Waals surface area contributed by atoms with Crippen LogP contribution in [0.25, 0.3) is 0 Å². The molecule has 0 radical (unpaired) electrons. The molecule has 3 aromatic rings. The molecule has 4 rings (SSSR count). The first-order valence-corrected chi connectivity index (χ1v) is 12.8. The van der Waals surface area contributed by atoms with Gasteiger partial charge in [0.15, 0.2) is 0 Å². The van der Waals surface area contributed by atoms with Crippen molar-refractivity contribution in [3.63, 3.8) is 0 Å². The van der Waals surface area contributed by atoms with Crippen LogP contribution in [0.1, 0.15) is 0 Å². The number of rotatable bonds is 8. The van der Waals surface area contributed by atoms with Crippen LogP contribution >= 0.6 is 0 Å². The molecule has 0 saturated carbocycles. The third kappa shape index (κ3) is 5.35. The third-order valence-corrected chi connectivity index (χ3v) is 7.80. The van der Waals surface area contributed by atoms with Crippen LogP contribution in [0.15, 0.2) is 83.8 Å². The van der Waals surface area contributed by atoms with Crippen LogP contribution in [0.2, 0.25) is 0 Å². The van der Waals surface area contributed by atoms with Crippen LogP contribution in [-0.4, -0.2) is 66.2 Å². The van der Waals surface area contributed by atoms with E-state index < -0.39 is 10.0 Å². The number of benzene rings is 3. The minimum absolute atomic E-state index is 0.122. The van der Waals surface area contributed by atoms with Gasteiger partial charge >= 0.3 is 0 Å². The standard InChI is InChI=1S/C26H29N3O5S/c1-33-22-10-8-9-21(19-22)29(35(31,32)23-11-4-3-5-12-23)20-26(30)28-17-15-27(16-18-28)24-13-6-7-14-25(24)34-2/h3-14,19H,15-18,20H2,1-2H3. The van der Waals surface area contributed by atoms with Crippen molar-refractivity contribution in [2.45, 2.75) is 4.90 Å². The Hall–Kier alpha value is -3.72. The molecule has 8 nitrogen and oxygen atoms in total. The van der Waals surface area contributed by atoms with Gasteiger partial charge in [0.1, 0.15) is 18.0 Å². The molecule has 0 unspecified atom stereocenters. The lowest BCUT2D eigenvalue weighted by Crippen LogP contribution is -2.52. The number of ether oxygens (including phenoxy) is 2. The third-order valence-electron chi connectivity index (χ3n) is 6.01. The molecule has 1 saturated heterocycles. The Morgan fingerprint density at radius 3 is 2.23 bits per heavy atom. The second-order valence-corrected chi connectivity index (χ2v) is 9.93. The minimum Gasteiger partial charge on any atom is -0.497 e. The first-order valence-electron chi connectivity index (χ1n) is 11.3. The van der Waals surface area contributed by atoms with Crippen LogP contribution in [0.5, 0.6) is 11.5 Å². The number of amides is 1. The van der Waals surface area contributed by atoms with Crippen LogP contribution in [0.4, 0.5) is 11.4 Å². The Balaban J connectivity index is 1.54. The van der Waals surface area contributed by atoms with Gasteiger partial charge in [-0.05, 0) is 36.4 Å². The zero-order valence-corrected chi connectivity index (χ0v) is 20.6. The number of carbonyl (C=O) groups excluding carboxylic acids is 1. The summed E-state index contributed by atoms with van der Waals surface area (Å²) in [6.07, 6.45) is 0. The van der Waals surface area contributed by atoms with Crippen LogP contribution in [-0.2, 0) is 14.8 Å². The van der Waals surface area contributed by atoms with Gasteiger partial charge in [0.25, 0.3) is 10.0 Å². The topological polar surface area (TPSA) is 79.4 Å². The summed E-state index contributed by atoms with van der Waals surface area (Å²) in [4.78, 5) is 17.3. The summed E-state index contributed by atoms with van der Waals surface area (Å²) in [7, 11) is -0.819. The van der Waals surface area contributed by atoms with Gasteiger partial charge in [0.05, 0.1) is 30.5 Å². The number of piperazine rings is 1. The normalized spacial score (nSPS) is 13.9. The molecule has 1 aliphatic heterocycles. The lowest BCUT2D eigenvalue weighted by Gasteiger charge is -2.37. The molecule has 0 bridgehead atoms. The van der Waals surface area contributed by atoms with Crippen molar-refractivity contribution >= 4 is 27.3 Å². The highest BCUT2D eigenvalue weighted by molar-refractivity contribution is 7.92. The number of nitrogens with zero attached hydrogens (tertiary/aromatic N) is 3. The van der Waals surface area contributed by atoms with Crippen LogP contribution in [0.3, 0.4) is 0 Å². The van der Waals surface area contributed by atoms with Gasteiger partial charge in [-0.3, -0.25) is 9.10 Å². The van der Waals surface area contributed by atoms with E-state index in [0.29, 0.717) is 37.6 Å². The van der Waals surface area contributed by atoms with E-state index in [1.807, 2.05) is 24.3 Å². The molecule has 0 spiro atoms. The van der Waals surface area contributed by atoms with Crippen molar-refractivity contribution < 1.29 is 22.7 Å². The Morgan fingerprint density at radius 2 is 1.54 bits per heavy atom. The molecule has 1 aliphatic rings. The molecule has 9 heteroatoms. The number of anilines is 2. The fourth-order valence-corrected chi connectivity index (χ4v) is 5.54. The molecule has 0 atom stereocenters. The van der Waals surface area contributed by atoms with E-state index in [1.165, 1.54) is 19.2 Å². The number of para-hydroxylation sites is 2. The van der Waals surface area contributed by atoms with Crippen LogP contribution in [0, 0.1) is 0 Å². The van der Waals surface area contributed by atoms with E-state index in [4.69, 9.17) is 9.47 Å². The number of hydrogen-bond donors (Lipinski definition) is 0. The monoisotopic (exact) mass is 495 g/mol. The molecular weight excluding hydrogens is 466 g/mol. The highest BCUT2D eigenvalue weighted by Gasteiger charge is 2.30. The van der Waals surface area contributed by atoms with E-state index in [1.54, 1.807) is 54.5 Å². The molecule has 35 heavy (non-hydrogen) atoms. The second kappa shape index (κ2) is 10.7. The average Bonchev–Trinajstić information content (AvgIpc) is 2.92. The highest BCUT2D eigenvalue weighted by atomic mass is 32.2. The predicted molar refractivity (Wildman–Crippen MR) is 136 cm³/mol. The summed E-state index contributed by atoms with van der Waals surface area (Å²) in [6.45, 7) is 1.90. The van der Waals surface area contributed by atoms with E-state index in [9.17, 15) is 13.2 Å². The van der Waals surface area contributed by atoms with Gasteiger partial charge in [0, 0.05) is 32.2 Å². The van der Waals surface area contributed by atoms with Gasteiger partial charge in [-0.15, -0.1) is 0 Å². The number of hydrogen-bond acceptors (Lipinski definition) is 6. The van der Waals surface area contributed by atoms with Gasteiger partial charge in [-0.25, -0.2) is 8.42 Å². The predicted octanol–water partition coefficient (Wildman–Crippen LogP) is 3.25. The van der Waals surface area contributed by atoms with E-state index >= 15 is 0 Å². The zero-order valence-electron chi connectivity index (χ0n) is 19.8. The first kappa shape index (κ1) is 24.4. The quantitative estimate of drug-likeness (QED) is 0.477. The van der Waals surface area contributed by atoms with E-state index in [-0.39, 0.29) is 17.3 Å². The smallest absolute Gasteiger partial charge is 0.264 e. The largest absolute Gasteiger partial charge is 0.497 e. The molecule has 0 N–H and O–H groups in total. The Morgan fingerprint density at radius 1 is 0.857 bits per heavy atom. The first-order chi connectivity index (χ1) is 16.9. The molecule has 1 fully saturated rings. The number of sulfonamides is 1. The van der Waals surface area contributed by atoms with Gasteiger partial charge in [-0.2, -0.15) is 0 Å². The summed E-state index contributed by atoms with van der Waals surface area (Å²) in [5.41, 5.74) is 1.35. The Bertz CT molecular complexity index is 1260. The highest BCUT2D eigenvalue weighted by Crippen LogP contribution is 2.29. The van der Waals surface area contributed by atoms with Crippen molar-refractivity contribution in [1.82, 2.24) is 4.90 Å². The summed E-state index contributed by atoms with van der Waals surface area (Å²) >= 11 is 0. The lowest BCUT2D eigenvalue weighted by atomic mass is 10.2. The van der Waals surface area contributed by atoms with Gasteiger partial charge in [-0.1, -0.05) is 36.4 Å². The SMILES string of the molecule is COc1cccc(N(CC(=O)N2CCN(c3ccccc3OC)CC2)S(=O)(=O)c2ccccc2)c1. The van der Waals surface area contributed by atoms with E-state index in [2.05, 4.69) is 4.90 Å². The summed E-state index contributed by atoms with van der Waals surface area (Å²) in [6, 6.07) is 22.6. The summed E-state index contributed by atoms with van der Waals surface area (Å²) in [5.74, 6) is 1.03.